The van der Waals surface area contributed by atoms with Crippen molar-refractivity contribution in [2.75, 3.05) is 0 Å². The van der Waals surface area contributed by atoms with Crippen molar-refractivity contribution in [3.05, 3.63) is 51.8 Å². The Bertz CT molecular complexity index is 699. The minimum absolute atomic E-state index is 0.148. The van der Waals surface area contributed by atoms with E-state index >= 15 is 0 Å². The van der Waals surface area contributed by atoms with Crippen LogP contribution in [0.2, 0.25) is 0 Å². The highest BCUT2D eigenvalue weighted by Crippen LogP contribution is 2.35. The number of carboxylic acid groups (broad SMARTS) is 1. The molecular formula is C14H12FNO4. The molecule has 0 saturated carbocycles. The van der Waals surface area contributed by atoms with Crippen LogP contribution in [0.4, 0.5) is 10.1 Å². The minimum atomic E-state index is -1.20. The Morgan fingerprint density at radius 3 is 2.65 bits per heavy atom. The van der Waals surface area contributed by atoms with Crippen LogP contribution < -0.4 is 0 Å². The lowest BCUT2D eigenvalue weighted by Gasteiger charge is -2.13. The van der Waals surface area contributed by atoms with Gasteiger partial charge in [0, 0.05) is 5.56 Å². The third-order valence-corrected chi connectivity index (χ3v) is 3.25. The average molecular weight is 277 g/mol. The lowest BCUT2D eigenvalue weighted by atomic mass is 9.92. The Labute approximate surface area is 113 Å². The summed E-state index contributed by atoms with van der Waals surface area (Å²) >= 11 is 0. The van der Waals surface area contributed by atoms with Gasteiger partial charge in [-0.1, -0.05) is 25.1 Å². The molecule has 0 aromatic heterocycles. The molecule has 0 saturated heterocycles. The standard InChI is InChI=1S/C14H12FNO4/c1-2-9(14(17)18)11-7-8-5-3-4-6-10(8)13(12(11)15)16(19)20/h3-7,9H,2H2,1H3,(H,17,18). The number of aliphatic carboxylic acids is 1. The van der Waals surface area contributed by atoms with E-state index in [0.717, 1.165) is 0 Å². The summed E-state index contributed by atoms with van der Waals surface area (Å²) in [6, 6.07) is 7.65. The third-order valence-electron chi connectivity index (χ3n) is 3.25. The number of rotatable bonds is 4. The quantitative estimate of drug-likeness (QED) is 0.685. The van der Waals surface area contributed by atoms with Crippen molar-refractivity contribution < 1.29 is 19.2 Å². The van der Waals surface area contributed by atoms with Crippen molar-refractivity contribution in [3.63, 3.8) is 0 Å². The molecule has 0 aliphatic carbocycles. The fraction of sp³-hybridized carbons (Fsp3) is 0.214. The van der Waals surface area contributed by atoms with E-state index in [-0.39, 0.29) is 17.4 Å². The Morgan fingerprint density at radius 2 is 2.10 bits per heavy atom. The molecule has 0 radical (unpaired) electrons. The van der Waals surface area contributed by atoms with Crippen molar-refractivity contribution in [1.29, 1.82) is 0 Å². The topological polar surface area (TPSA) is 80.4 Å². The molecule has 0 heterocycles. The number of nitro groups is 1. The van der Waals surface area contributed by atoms with Crippen LogP contribution in [0.5, 0.6) is 0 Å². The fourth-order valence-electron chi connectivity index (χ4n) is 2.28. The molecule has 1 N–H and O–H groups in total. The molecule has 0 fully saturated rings. The maximum atomic E-state index is 14.3. The van der Waals surface area contributed by atoms with Crippen molar-refractivity contribution >= 4 is 22.4 Å². The minimum Gasteiger partial charge on any atom is -0.481 e. The van der Waals surface area contributed by atoms with E-state index in [9.17, 15) is 19.3 Å². The molecule has 0 spiro atoms. The van der Waals surface area contributed by atoms with Gasteiger partial charge in [-0.15, -0.1) is 0 Å². The van der Waals surface area contributed by atoms with Crippen LogP contribution in [0.3, 0.4) is 0 Å². The van der Waals surface area contributed by atoms with Gasteiger partial charge in [0.15, 0.2) is 0 Å². The van der Waals surface area contributed by atoms with Crippen molar-refractivity contribution in [2.45, 2.75) is 19.3 Å². The average Bonchev–Trinajstić information content (AvgIpc) is 2.39. The van der Waals surface area contributed by atoms with Crippen molar-refractivity contribution in [3.8, 4) is 0 Å². The number of nitro benzene ring substituents is 1. The molecule has 0 bridgehead atoms. The highest BCUT2D eigenvalue weighted by Gasteiger charge is 2.29. The van der Waals surface area contributed by atoms with E-state index in [1.54, 1.807) is 25.1 Å². The Balaban J connectivity index is 2.83. The largest absolute Gasteiger partial charge is 0.481 e. The molecule has 1 atom stereocenters. The fourth-order valence-corrected chi connectivity index (χ4v) is 2.28. The SMILES string of the molecule is CCC(C(=O)O)c1cc2ccccc2c([N+](=O)[O-])c1F. The van der Waals surface area contributed by atoms with Gasteiger partial charge in [-0.05, 0) is 23.9 Å². The lowest BCUT2D eigenvalue weighted by Crippen LogP contribution is -2.13. The normalized spacial score (nSPS) is 12.3. The summed E-state index contributed by atoms with van der Waals surface area (Å²) in [6.07, 6.45) is 0.155. The van der Waals surface area contributed by atoms with E-state index < -0.39 is 28.3 Å². The third kappa shape index (κ3) is 2.20. The second-order valence-corrected chi connectivity index (χ2v) is 4.41. The molecule has 6 heteroatoms. The van der Waals surface area contributed by atoms with E-state index in [1.807, 2.05) is 0 Å². The van der Waals surface area contributed by atoms with Gasteiger partial charge in [-0.2, -0.15) is 4.39 Å². The number of fused-ring (bicyclic) bond motifs is 1. The number of carboxylic acids is 1. The maximum absolute atomic E-state index is 14.3. The first-order valence-electron chi connectivity index (χ1n) is 6.05. The van der Waals surface area contributed by atoms with Gasteiger partial charge in [-0.25, -0.2) is 0 Å². The van der Waals surface area contributed by atoms with E-state index in [1.165, 1.54) is 12.1 Å². The Hall–Kier alpha value is -2.50. The van der Waals surface area contributed by atoms with Gasteiger partial charge >= 0.3 is 11.7 Å². The maximum Gasteiger partial charge on any atom is 0.312 e. The summed E-state index contributed by atoms with van der Waals surface area (Å²) in [5, 5.41) is 20.8. The van der Waals surface area contributed by atoms with Gasteiger partial charge in [0.05, 0.1) is 16.2 Å². The smallest absolute Gasteiger partial charge is 0.312 e. The van der Waals surface area contributed by atoms with Crippen LogP contribution in [0.15, 0.2) is 30.3 Å². The number of hydrogen-bond donors (Lipinski definition) is 1. The molecule has 2 aromatic rings. The van der Waals surface area contributed by atoms with Gasteiger partial charge in [0.2, 0.25) is 5.82 Å². The zero-order chi connectivity index (χ0) is 14.9. The van der Waals surface area contributed by atoms with Gasteiger partial charge in [0.25, 0.3) is 0 Å². The first-order valence-corrected chi connectivity index (χ1v) is 6.05. The number of nitrogens with zero attached hydrogens (tertiary/aromatic N) is 1. The molecule has 2 aromatic carbocycles. The molecule has 0 amide bonds. The van der Waals surface area contributed by atoms with Crippen LogP contribution in [-0.2, 0) is 4.79 Å². The molecule has 5 nitrogen and oxygen atoms in total. The zero-order valence-corrected chi connectivity index (χ0v) is 10.7. The highest BCUT2D eigenvalue weighted by molar-refractivity contribution is 5.93. The first-order chi connectivity index (χ1) is 9.47. The van der Waals surface area contributed by atoms with E-state index in [4.69, 9.17) is 5.11 Å². The predicted molar refractivity (Wildman–Crippen MR) is 71.2 cm³/mol. The number of halogens is 1. The number of hydrogen-bond acceptors (Lipinski definition) is 3. The first kappa shape index (κ1) is 13.9. The lowest BCUT2D eigenvalue weighted by molar-refractivity contribution is -0.385. The van der Waals surface area contributed by atoms with Gasteiger partial charge in [-0.3, -0.25) is 14.9 Å². The summed E-state index contributed by atoms with van der Waals surface area (Å²) in [5.74, 6) is -3.36. The second-order valence-electron chi connectivity index (χ2n) is 4.41. The van der Waals surface area contributed by atoms with Gasteiger partial charge in [0.1, 0.15) is 0 Å². The van der Waals surface area contributed by atoms with Crippen LogP contribution in [-0.4, -0.2) is 16.0 Å². The van der Waals surface area contributed by atoms with E-state index in [2.05, 4.69) is 0 Å². The predicted octanol–water partition coefficient (Wildman–Crippen LogP) is 3.47. The molecule has 0 aliphatic heterocycles. The molecule has 1 unspecified atom stereocenters. The molecular weight excluding hydrogens is 265 g/mol. The van der Waals surface area contributed by atoms with Crippen LogP contribution in [0.1, 0.15) is 24.8 Å². The molecule has 104 valence electrons. The van der Waals surface area contributed by atoms with Gasteiger partial charge < -0.3 is 5.11 Å². The zero-order valence-electron chi connectivity index (χ0n) is 10.7. The Morgan fingerprint density at radius 1 is 1.45 bits per heavy atom. The summed E-state index contributed by atoms with van der Waals surface area (Å²) in [7, 11) is 0. The number of benzene rings is 2. The Kier molecular flexibility index (Phi) is 3.65. The van der Waals surface area contributed by atoms with Crippen molar-refractivity contribution in [2.24, 2.45) is 0 Å². The summed E-state index contributed by atoms with van der Waals surface area (Å²) in [4.78, 5) is 21.4. The number of carbonyl (C=O) groups is 1. The second kappa shape index (κ2) is 5.24. The molecule has 0 aliphatic rings. The molecule has 2 rings (SSSR count). The van der Waals surface area contributed by atoms with Crippen LogP contribution >= 0.6 is 0 Å². The monoisotopic (exact) mass is 277 g/mol. The molecule has 20 heavy (non-hydrogen) atoms. The van der Waals surface area contributed by atoms with Crippen molar-refractivity contribution in [1.82, 2.24) is 0 Å². The summed E-state index contributed by atoms with van der Waals surface area (Å²) in [5.41, 5.74) is -0.816. The van der Waals surface area contributed by atoms with E-state index in [0.29, 0.717) is 5.39 Å². The van der Waals surface area contributed by atoms with Crippen LogP contribution in [0, 0.1) is 15.9 Å². The van der Waals surface area contributed by atoms with Crippen LogP contribution in [0.25, 0.3) is 10.8 Å². The highest BCUT2D eigenvalue weighted by atomic mass is 19.1. The summed E-state index contributed by atoms with van der Waals surface area (Å²) in [6.45, 7) is 1.60. The summed E-state index contributed by atoms with van der Waals surface area (Å²) < 4.78 is 14.3.